The molecule has 0 unspecified atom stereocenters. The molecule has 0 spiro atoms. The fraction of sp³-hybridized carbons (Fsp3) is 0.700. The van der Waals surface area contributed by atoms with Gasteiger partial charge < -0.3 is 0 Å². The number of hydrogen-bond donors (Lipinski definition) is 0. The van der Waals surface area contributed by atoms with E-state index in [1.54, 1.807) is 0 Å². The molecule has 0 fully saturated rings. The van der Waals surface area contributed by atoms with Crippen LogP contribution in [0.4, 0.5) is 0 Å². The Morgan fingerprint density at radius 2 is 1.92 bits per heavy atom. The van der Waals surface area contributed by atoms with Gasteiger partial charge in [0, 0.05) is 0 Å². The molecule has 70 valence electrons. The van der Waals surface area contributed by atoms with E-state index in [4.69, 9.17) is 0 Å². The largest absolute Gasteiger partial charge is 0.298 e. The second-order valence-corrected chi connectivity index (χ2v) is 9.33. The predicted molar refractivity (Wildman–Crippen MR) is 57.0 cm³/mol. The summed E-state index contributed by atoms with van der Waals surface area (Å²) in [6.07, 6.45) is 4.28. The Balaban J connectivity index is 4.14. The molecular weight excluding hydrogens is 164 g/mol. The smallest absolute Gasteiger partial charge is 0.145 e. The Kier molecular flexibility index (Phi) is 5.14. The van der Waals surface area contributed by atoms with Crippen molar-refractivity contribution >= 4 is 14.4 Å². The third-order valence-corrected chi connectivity index (χ3v) is 2.83. The molecule has 12 heavy (non-hydrogen) atoms. The Labute approximate surface area is 76.9 Å². The maximum Gasteiger partial charge on any atom is 0.145 e. The molecule has 0 aromatic carbocycles. The topological polar surface area (TPSA) is 17.1 Å². The van der Waals surface area contributed by atoms with Gasteiger partial charge in [-0.05, 0) is 18.4 Å². The minimum atomic E-state index is -1.18. The minimum Gasteiger partial charge on any atom is -0.298 e. The highest BCUT2D eigenvalue weighted by Gasteiger charge is 2.10. The Bertz CT molecular complexity index is 165. The van der Waals surface area contributed by atoms with Crippen LogP contribution >= 0.6 is 0 Å². The molecule has 0 bridgehead atoms. The molecule has 1 nitrogen and oxygen atoms in total. The van der Waals surface area contributed by atoms with Crippen LogP contribution in [-0.2, 0) is 4.79 Å². The summed E-state index contributed by atoms with van der Waals surface area (Å²) in [6.45, 7) is 8.91. The number of allylic oxidation sites excluding steroid dienone is 1. The van der Waals surface area contributed by atoms with Crippen LogP contribution in [0.15, 0.2) is 11.3 Å². The number of aldehydes is 1. The maximum absolute atomic E-state index is 10.6. The van der Waals surface area contributed by atoms with Gasteiger partial charge in [0.2, 0.25) is 0 Å². The Morgan fingerprint density at radius 1 is 1.33 bits per heavy atom. The molecule has 0 aliphatic carbocycles. The van der Waals surface area contributed by atoms with Gasteiger partial charge in [-0.3, -0.25) is 4.79 Å². The van der Waals surface area contributed by atoms with Crippen LogP contribution in [0.5, 0.6) is 0 Å². The zero-order chi connectivity index (χ0) is 9.61. The average Bonchev–Trinajstić information content (AvgIpc) is 1.95. The summed E-state index contributed by atoms with van der Waals surface area (Å²) < 4.78 is 0. The molecular formula is C10H20OSi. The lowest BCUT2D eigenvalue weighted by atomic mass is 10.1. The highest BCUT2D eigenvalue weighted by atomic mass is 28.3. The number of carbonyl (C=O) groups is 1. The first-order valence-corrected chi connectivity index (χ1v) is 8.24. The number of unbranched alkanes of at least 4 members (excludes halogenated alkanes) is 1. The van der Waals surface area contributed by atoms with Crippen LogP contribution < -0.4 is 0 Å². The first-order chi connectivity index (χ1) is 5.49. The molecule has 0 N–H and O–H groups in total. The van der Waals surface area contributed by atoms with Crippen LogP contribution in [0, 0.1) is 0 Å². The van der Waals surface area contributed by atoms with E-state index >= 15 is 0 Å². The van der Waals surface area contributed by atoms with Crippen molar-refractivity contribution in [3.63, 3.8) is 0 Å². The lowest BCUT2D eigenvalue weighted by molar-refractivity contribution is -0.105. The second-order valence-electron chi connectivity index (χ2n) is 4.31. The quantitative estimate of drug-likeness (QED) is 0.364. The van der Waals surface area contributed by atoms with Crippen molar-refractivity contribution in [2.24, 2.45) is 0 Å². The summed E-state index contributed by atoms with van der Waals surface area (Å²) >= 11 is 0. The zero-order valence-corrected chi connectivity index (χ0v) is 9.68. The van der Waals surface area contributed by atoms with Crippen molar-refractivity contribution < 1.29 is 4.79 Å². The summed E-state index contributed by atoms with van der Waals surface area (Å²) in [4.78, 5) is 10.6. The van der Waals surface area contributed by atoms with E-state index in [2.05, 4.69) is 32.3 Å². The predicted octanol–water partition coefficient (Wildman–Crippen LogP) is 3.18. The molecule has 0 aromatic rings. The van der Waals surface area contributed by atoms with Gasteiger partial charge in [0.15, 0.2) is 0 Å². The lowest BCUT2D eigenvalue weighted by Gasteiger charge is -2.10. The van der Waals surface area contributed by atoms with Gasteiger partial charge >= 0.3 is 0 Å². The Hall–Kier alpha value is -0.373. The Morgan fingerprint density at radius 3 is 2.25 bits per heavy atom. The van der Waals surface area contributed by atoms with Crippen LogP contribution in [0.3, 0.4) is 0 Å². The fourth-order valence-electron chi connectivity index (χ4n) is 1.10. The van der Waals surface area contributed by atoms with E-state index < -0.39 is 8.07 Å². The normalized spacial score (nSPS) is 13.2. The summed E-state index contributed by atoms with van der Waals surface area (Å²) in [7, 11) is -1.18. The van der Waals surface area contributed by atoms with E-state index in [0.29, 0.717) is 0 Å². The van der Waals surface area contributed by atoms with Crippen molar-refractivity contribution in [2.75, 3.05) is 0 Å². The second kappa shape index (κ2) is 5.30. The molecule has 0 rings (SSSR count). The molecule has 0 amide bonds. The van der Waals surface area contributed by atoms with Crippen LogP contribution in [0.2, 0.25) is 19.6 Å². The first kappa shape index (κ1) is 11.6. The van der Waals surface area contributed by atoms with Crippen LogP contribution in [-0.4, -0.2) is 14.4 Å². The average molecular weight is 184 g/mol. The van der Waals surface area contributed by atoms with Gasteiger partial charge in [-0.2, -0.15) is 0 Å². The molecule has 0 heterocycles. The van der Waals surface area contributed by atoms with Crippen LogP contribution in [0.25, 0.3) is 0 Å². The van der Waals surface area contributed by atoms with E-state index in [-0.39, 0.29) is 0 Å². The van der Waals surface area contributed by atoms with Crippen molar-refractivity contribution in [3.05, 3.63) is 11.3 Å². The van der Waals surface area contributed by atoms with E-state index in [1.165, 1.54) is 0 Å². The third kappa shape index (κ3) is 6.34. The SMILES string of the molecule is CCCC/C(C=O)=C\[Si](C)(C)C. The lowest BCUT2D eigenvalue weighted by Crippen LogP contribution is -2.17. The van der Waals surface area contributed by atoms with Crippen molar-refractivity contribution in [1.29, 1.82) is 0 Å². The van der Waals surface area contributed by atoms with Crippen molar-refractivity contribution in [1.82, 2.24) is 0 Å². The van der Waals surface area contributed by atoms with Gasteiger partial charge in [-0.15, -0.1) is 0 Å². The molecule has 0 radical (unpaired) electrons. The van der Waals surface area contributed by atoms with Gasteiger partial charge in [-0.1, -0.05) is 38.7 Å². The fourth-order valence-corrected chi connectivity index (χ4v) is 2.43. The number of carbonyl (C=O) groups excluding carboxylic acids is 1. The van der Waals surface area contributed by atoms with Crippen molar-refractivity contribution in [2.45, 2.75) is 45.8 Å². The summed E-state index contributed by atoms with van der Waals surface area (Å²) in [5, 5.41) is 0. The molecule has 0 saturated heterocycles. The molecule has 0 aliphatic heterocycles. The minimum absolute atomic E-state index is 0.963. The molecule has 0 atom stereocenters. The van der Waals surface area contributed by atoms with E-state index in [9.17, 15) is 4.79 Å². The molecule has 2 heteroatoms. The standard InChI is InChI=1S/C10H20OSi/c1-5-6-7-10(8-11)9-12(2,3)4/h8-9H,5-7H2,1-4H3/b10-9+. The molecule has 0 aromatic heterocycles. The molecule has 0 saturated carbocycles. The monoisotopic (exact) mass is 184 g/mol. The van der Waals surface area contributed by atoms with Gasteiger partial charge in [0.25, 0.3) is 0 Å². The van der Waals surface area contributed by atoms with E-state index in [1.807, 2.05) is 0 Å². The number of hydrogen-bond acceptors (Lipinski definition) is 1. The van der Waals surface area contributed by atoms with Crippen LogP contribution in [0.1, 0.15) is 26.2 Å². The summed E-state index contributed by atoms with van der Waals surface area (Å²) in [5.41, 5.74) is 3.21. The van der Waals surface area contributed by atoms with Gasteiger partial charge in [0.05, 0.1) is 8.07 Å². The maximum atomic E-state index is 10.6. The number of rotatable bonds is 5. The molecule has 0 aliphatic rings. The highest BCUT2D eigenvalue weighted by Crippen LogP contribution is 2.10. The third-order valence-electron chi connectivity index (χ3n) is 1.59. The van der Waals surface area contributed by atoms with Gasteiger partial charge in [0.1, 0.15) is 6.29 Å². The summed E-state index contributed by atoms with van der Waals surface area (Å²) in [6, 6.07) is 0. The van der Waals surface area contributed by atoms with Crippen molar-refractivity contribution in [3.8, 4) is 0 Å². The van der Waals surface area contributed by atoms with E-state index in [0.717, 1.165) is 31.1 Å². The zero-order valence-electron chi connectivity index (χ0n) is 8.68. The highest BCUT2D eigenvalue weighted by molar-refractivity contribution is 6.81. The first-order valence-electron chi connectivity index (χ1n) is 4.66. The summed E-state index contributed by atoms with van der Waals surface area (Å²) in [5.74, 6) is 0. The van der Waals surface area contributed by atoms with Gasteiger partial charge in [-0.25, -0.2) is 0 Å².